The highest BCUT2D eigenvalue weighted by Crippen LogP contribution is 2.25. The molecule has 92 valence electrons. The van der Waals surface area contributed by atoms with Gasteiger partial charge in [-0.1, -0.05) is 6.92 Å². The molecule has 1 fully saturated rings. The van der Waals surface area contributed by atoms with Crippen LogP contribution in [0.15, 0.2) is 0 Å². The van der Waals surface area contributed by atoms with Crippen LogP contribution in [0.3, 0.4) is 0 Å². The highest BCUT2D eigenvalue weighted by atomic mass is 16.6. The molecule has 1 atom stereocenters. The Hall–Kier alpha value is -0.940. The van der Waals surface area contributed by atoms with Crippen LogP contribution in [0.4, 0.5) is 0 Å². The van der Waals surface area contributed by atoms with Crippen molar-refractivity contribution in [3.05, 3.63) is 0 Å². The summed E-state index contributed by atoms with van der Waals surface area (Å²) in [4.78, 5) is 21.9. The zero-order valence-electron chi connectivity index (χ0n) is 9.53. The summed E-state index contributed by atoms with van der Waals surface area (Å²) in [6, 6.07) is 0. The Morgan fingerprint density at radius 3 is 2.56 bits per heavy atom. The Bertz CT molecular complexity index is 255. The van der Waals surface area contributed by atoms with Gasteiger partial charge in [-0.05, 0) is 6.42 Å². The quantitative estimate of drug-likeness (QED) is 0.737. The maximum absolute atomic E-state index is 11.6. The van der Waals surface area contributed by atoms with Crippen LogP contribution in [-0.2, 0) is 19.1 Å². The van der Waals surface area contributed by atoms with E-state index in [9.17, 15) is 9.59 Å². The second kappa shape index (κ2) is 5.96. The molecule has 5 heteroatoms. The Balaban J connectivity index is 2.42. The molecular formula is C11H18O5. The third-order valence-corrected chi connectivity index (χ3v) is 2.78. The minimum Gasteiger partial charge on any atom is -0.481 e. The average molecular weight is 230 g/mol. The first-order valence-electron chi connectivity index (χ1n) is 5.53. The highest BCUT2D eigenvalue weighted by molar-refractivity contribution is 5.83. The molecule has 5 nitrogen and oxygen atoms in total. The molecule has 0 aliphatic carbocycles. The van der Waals surface area contributed by atoms with Gasteiger partial charge in [0.2, 0.25) is 0 Å². The number of rotatable bonds is 6. The van der Waals surface area contributed by atoms with E-state index in [2.05, 4.69) is 0 Å². The van der Waals surface area contributed by atoms with Crippen LogP contribution in [0.5, 0.6) is 0 Å². The lowest BCUT2D eigenvalue weighted by Crippen LogP contribution is -2.44. The molecule has 0 amide bonds. The van der Waals surface area contributed by atoms with Gasteiger partial charge in [-0.2, -0.15) is 0 Å². The lowest BCUT2D eigenvalue weighted by molar-refractivity contribution is -0.167. The van der Waals surface area contributed by atoms with Gasteiger partial charge in [0.25, 0.3) is 0 Å². The number of carboxylic acids is 1. The van der Waals surface area contributed by atoms with Crippen molar-refractivity contribution in [2.45, 2.75) is 38.2 Å². The molecule has 0 saturated carbocycles. The summed E-state index contributed by atoms with van der Waals surface area (Å²) in [5, 5.41) is 8.48. The first-order valence-corrected chi connectivity index (χ1v) is 5.53. The summed E-state index contributed by atoms with van der Waals surface area (Å²) in [5.74, 6) is -1.02. The lowest BCUT2D eigenvalue weighted by atomic mass is 9.92. The maximum Gasteiger partial charge on any atom is 0.303 e. The number of carbonyl (C=O) groups is 2. The van der Waals surface area contributed by atoms with Crippen LogP contribution in [0.1, 0.15) is 32.6 Å². The van der Waals surface area contributed by atoms with Crippen LogP contribution < -0.4 is 0 Å². The zero-order valence-corrected chi connectivity index (χ0v) is 9.53. The van der Waals surface area contributed by atoms with Gasteiger partial charge in [0.15, 0.2) is 0 Å². The van der Waals surface area contributed by atoms with Gasteiger partial charge in [-0.3, -0.25) is 9.59 Å². The Kier molecular flexibility index (Phi) is 4.89. The predicted octanol–water partition coefficient (Wildman–Crippen LogP) is 1.01. The first-order chi connectivity index (χ1) is 7.58. The van der Waals surface area contributed by atoms with Crippen LogP contribution in [0.25, 0.3) is 0 Å². The smallest absolute Gasteiger partial charge is 0.303 e. The molecule has 0 aromatic rings. The molecule has 1 N–H and O–H groups in total. The fourth-order valence-corrected chi connectivity index (χ4v) is 1.74. The number of hydrogen-bond donors (Lipinski definition) is 1. The van der Waals surface area contributed by atoms with Crippen molar-refractivity contribution in [1.82, 2.24) is 0 Å². The van der Waals surface area contributed by atoms with Crippen molar-refractivity contribution in [2.24, 2.45) is 0 Å². The third kappa shape index (κ3) is 3.90. The van der Waals surface area contributed by atoms with E-state index >= 15 is 0 Å². The molecule has 1 heterocycles. The fourth-order valence-electron chi connectivity index (χ4n) is 1.74. The molecular weight excluding hydrogens is 212 g/mol. The van der Waals surface area contributed by atoms with Gasteiger partial charge in [-0.25, -0.2) is 0 Å². The topological polar surface area (TPSA) is 72.8 Å². The summed E-state index contributed by atoms with van der Waals surface area (Å²) in [7, 11) is 0. The molecule has 0 radical (unpaired) electrons. The summed E-state index contributed by atoms with van der Waals surface area (Å²) in [6.45, 7) is 3.42. The summed E-state index contributed by atoms with van der Waals surface area (Å²) >= 11 is 0. The summed E-state index contributed by atoms with van der Waals surface area (Å²) in [6.07, 6.45) is 0.905. The molecule has 0 aromatic heterocycles. The van der Waals surface area contributed by atoms with Crippen molar-refractivity contribution in [1.29, 1.82) is 0 Å². The van der Waals surface area contributed by atoms with E-state index in [0.29, 0.717) is 26.2 Å². The standard InChI is InChI=1S/C11H18O5/c1-2-11(8-15-5-6-16-11)7-9(12)3-4-10(13)14/h2-8H2,1H3,(H,13,14). The van der Waals surface area contributed by atoms with Gasteiger partial charge >= 0.3 is 5.97 Å². The Labute approximate surface area is 94.7 Å². The Morgan fingerprint density at radius 1 is 1.31 bits per heavy atom. The molecule has 1 rings (SSSR count). The Morgan fingerprint density at radius 2 is 2.06 bits per heavy atom. The van der Waals surface area contributed by atoms with E-state index in [-0.39, 0.29) is 25.0 Å². The van der Waals surface area contributed by atoms with Crippen LogP contribution in [-0.4, -0.2) is 42.3 Å². The summed E-state index contributed by atoms with van der Waals surface area (Å²) < 4.78 is 10.9. The third-order valence-electron chi connectivity index (χ3n) is 2.78. The molecule has 1 saturated heterocycles. The predicted molar refractivity (Wildman–Crippen MR) is 56.3 cm³/mol. The summed E-state index contributed by atoms with van der Waals surface area (Å²) in [5.41, 5.74) is -0.534. The highest BCUT2D eigenvalue weighted by Gasteiger charge is 2.34. The fraction of sp³-hybridized carbons (Fsp3) is 0.818. The van der Waals surface area contributed by atoms with Crippen molar-refractivity contribution in [2.75, 3.05) is 19.8 Å². The number of carboxylic acid groups (broad SMARTS) is 1. The number of Topliss-reactive ketones (excluding diaryl/α,β-unsaturated/α-hetero) is 1. The van der Waals surface area contributed by atoms with E-state index in [4.69, 9.17) is 14.6 Å². The number of hydrogen-bond acceptors (Lipinski definition) is 4. The number of aliphatic carboxylic acids is 1. The molecule has 0 aromatic carbocycles. The SMILES string of the molecule is CCC1(CC(=O)CCC(=O)O)COCCO1. The van der Waals surface area contributed by atoms with Gasteiger partial charge < -0.3 is 14.6 Å². The molecule has 1 aliphatic rings. The number of ketones is 1. The van der Waals surface area contributed by atoms with Crippen molar-refractivity contribution in [3.63, 3.8) is 0 Å². The van der Waals surface area contributed by atoms with Gasteiger partial charge in [0, 0.05) is 12.8 Å². The van der Waals surface area contributed by atoms with Crippen molar-refractivity contribution >= 4 is 11.8 Å². The first kappa shape index (κ1) is 13.1. The lowest BCUT2D eigenvalue weighted by Gasteiger charge is -2.35. The van der Waals surface area contributed by atoms with E-state index in [0.717, 1.165) is 0 Å². The van der Waals surface area contributed by atoms with Gasteiger partial charge in [0.1, 0.15) is 5.78 Å². The van der Waals surface area contributed by atoms with Crippen molar-refractivity contribution < 1.29 is 24.2 Å². The van der Waals surface area contributed by atoms with E-state index < -0.39 is 11.6 Å². The normalized spacial score (nSPS) is 25.3. The van der Waals surface area contributed by atoms with Gasteiger partial charge in [-0.15, -0.1) is 0 Å². The number of ether oxygens (including phenoxy) is 2. The van der Waals surface area contributed by atoms with Gasteiger partial charge in [0.05, 0.1) is 31.8 Å². The largest absolute Gasteiger partial charge is 0.481 e. The maximum atomic E-state index is 11.6. The van der Waals surface area contributed by atoms with E-state index in [1.807, 2.05) is 6.92 Å². The van der Waals surface area contributed by atoms with E-state index in [1.54, 1.807) is 0 Å². The van der Waals surface area contributed by atoms with Crippen LogP contribution >= 0.6 is 0 Å². The minimum absolute atomic E-state index is 0.0699. The molecule has 0 spiro atoms. The number of carbonyl (C=O) groups excluding carboxylic acids is 1. The molecule has 1 aliphatic heterocycles. The minimum atomic E-state index is -0.945. The van der Waals surface area contributed by atoms with E-state index in [1.165, 1.54) is 0 Å². The average Bonchev–Trinajstić information content (AvgIpc) is 2.28. The van der Waals surface area contributed by atoms with Crippen LogP contribution in [0, 0.1) is 0 Å². The molecule has 16 heavy (non-hydrogen) atoms. The van der Waals surface area contributed by atoms with Crippen molar-refractivity contribution in [3.8, 4) is 0 Å². The monoisotopic (exact) mass is 230 g/mol. The zero-order chi connectivity index (χ0) is 12.0. The second-order valence-electron chi connectivity index (χ2n) is 4.05. The molecule has 1 unspecified atom stereocenters. The second-order valence-corrected chi connectivity index (χ2v) is 4.05. The molecule has 0 bridgehead atoms. The van der Waals surface area contributed by atoms with Crippen LogP contribution in [0.2, 0.25) is 0 Å².